The topological polar surface area (TPSA) is 37.4 Å². The van der Waals surface area contributed by atoms with E-state index in [4.69, 9.17) is 11.6 Å². The number of rotatable bonds is 5. The minimum absolute atomic E-state index is 0.335. The average Bonchev–Trinajstić information content (AvgIpc) is 2.89. The van der Waals surface area contributed by atoms with Gasteiger partial charge in [-0.2, -0.15) is 4.31 Å². The van der Waals surface area contributed by atoms with Gasteiger partial charge >= 0.3 is 0 Å². The molecule has 0 aromatic heterocycles. The molecule has 1 atom stereocenters. The normalized spacial score (nSPS) is 20.4. The minimum Gasteiger partial charge on any atom is -0.207 e. The van der Waals surface area contributed by atoms with E-state index < -0.39 is 10.0 Å². The lowest BCUT2D eigenvalue weighted by atomic mass is 10.0. The zero-order valence-corrected chi connectivity index (χ0v) is 13.7. The number of hydrogen-bond acceptors (Lipinski definition) is 2. The van der Waals surface area contributed by atoms with Gasteiger partial charge in [-0.05, 0) is 42.9 Å². The van der Waals surface area contributed by atoms with Gasteiger partial charge in [-0.3, -0.25) is 0 Å². The van der Waals surface area contributed by atoms with Gasteiger partial charge < -0.3 is 0 Å². The molecule has 20 heavy (non-hydrogen) atoms. The van der Waals surface area contributed by atoms with Crippen LogP contribution in [0.2, 0.25) is 0 Å². The number of sulfonamides is 1. The van der Waals surface area contributed by atoms with Crippen molar-refractivity contribution in [2.75, 3.05) is 13.1 Å². The van der Waals surface area contributed by atoms with Gasteiger partial charge in [-0.1, -0.05) is 25.5 Å². The molecule has 0 saturated carbocycles. The SMILES string of the molecule is CCCC1CCN(S(=O)(=O)c2cc(CCl)ccc2C)C1. The smallest absolute Gasteiger partial charge is 0.207 e. The van der Waals surface area contributed by atoms with Crippen LogP contribution in [0.4, 0.5) is 0 Å². The summed E-state index contributed by atoms with van der Waals surface area (Å²) in [6.45, 7) is 5.27. The molecule has 1 fully saturated rings. The third kappa shape index (κ3) is 3.18. The molecular weight excluding hydrogens is 294 g/mol. The lowest BCUT2D eigenvalue weighted by Gasteiger charge is -2.18. The molecule has 0 N–H and O–H groups in total. The van der Waals surface area contributed by atoms with Crippen LogP contribution in [0.15, 0.2) is 23.1 Å². The van der Waals surface area contributed by atoms with Crippen molar-refractivity contribution >= 4 is 21.6 Å². The van der Waals surface area contributed by atoms with E-state index in [1.54, 1.807) is 10.4 Å². The second-order valence-corrected chi connectivity index (χ2v) is 7.71. The molecule has 1 unspecified atom stereocenters. The van der Waals surface area contributed by atoms with Crippen LogP contribution in [0.5, 0.6) is 0 Å². The Morgan fingerprint density at radius 2 is 2.15 bits per heavy atom. The first-order valence-electron chi connectivity index (χ1n) is 7.14. The van der Waals surface area contributed by atoms with Crippen LogP contribution in [-0.4, -0.2) is 25.8 Å². The Bertz CT molecular complexity index is 571. The van der Waals surface area contributed by atoms with E-state index in [0.29, 0.717) is 29.8 Å². The minimum atomic E-state index is -3.38. The van der Waals surface area contributed by atoms with Gasteiger partial charge in [0.2, 0.25) is 10.0 Å². The summed E-state index contributed by atoms with van der Waals surface area (Å²) in [5.41, 5.74) is 1.64. The summed E-state index contributed by atoms with van der Waals surface area (Å²) in [7, 11) is -3.38. The summed E-state index contributed by atoms with van der Waals surface area (Å²) in [5, 5.41) is 0. The van der Waals surface area contributed by atoms with Crippen molar-refractivity contribution in [3.8, 4) is 0 Å². The molecule has 1 aromatic rings. The van der Waals surface area contributed by atoms with E-state index >= 15 is 0 Å². The number of aryl methyl sites for hydroxylation is 1. The van der Waals surface area contributed by atoms with Crippen molar-refractivity contribution < 1.29 is 8.42 Å². The lowest BCUT2D eigenvalue weighted by molar-refractivity contribution is 0.444. The predicted molar refractivity (Wildman–Crippen MR) is 82.5 cm³/mol. The second-order valence-electron chi connectivity index (χ2n) is 5.54. The number of benzene rings is 1. The number of halogens is 1. The third-order valence-electron chi connectivity index (χ3n) is 3.97. The highest BCUT2D eigenvalue weighted by Gasteiger charge is 2.32. The first-order valence-corrected chi connectivity index (χ1v) is 9.12. The Morgan fingerprint density at radius 1 is 1.40 bits per heavy atom. The summed E-state index contributed by atoms with van der Waals surface area (Å²) >= 11 is 5.82. The fraction of sp³-hybridized carbons (Fsp3) is 0.600. The highest BCUT2D eigenvalue weighted by molar-refractivity contribution is 7.89. The monoisotopic (exact) mass is 315 g/mol. The van der Waals surface area contributed by atoms with Gasteiger partial charge in [-0.15, -0.1) is 11.6 Å². The first-order chi connectivity index (χ1) is 9.48. The maximum atomic E-state index is 12.8. The van der Waals surface area contributed by atoms with E-state index in [2.05, 4.69) is 6.92 Å². The van der Waals surface area contributed by atoms with Gasteiger partial charge in [0, 0.05) is 19.0 Å². The molecule has 0 aliphatic carbocycles. The maximum absolute atomic E-state index is 12.8. The Hall–Kier alpha value is -0.580. The highest BCUT2D eigenvalue weighted by Crippen LogP contribution is 2.29. The fourth-order valence-electron chi connectivity index (χ4n) is 2.80. The number of hydrogen-bond donors (Lipinski definition) is 0. The van der Waals surface area contributed by atoms with Crippen LogP contribution in [-0.2, 0) is 15.9 Å². The zero-order valence-electron chi connectivity index (χ0n) is 12.1. The number of nitrogens with zero attached hydrogens (tertiary/aromatic N) is 1. The molecular formula is C15H22ClNO2S. The summed E-state index contributed by atoms with van der Waals surface area (Å²) in [6, 6.07) is 5.43. The zero-order chi connectivity index (χ0) is 14.8. The van der Waals surface area contributed by atoms with Crippen molar-refractivity contribution in [1.82, 2.24) is 4.31 Å². The Balaban J connectivity index is 2.27. The molecule has 1 aromatic carbocycles. The van der Waals surface area contributed by atoms with Crippen molar-refractivity contribution in [3.63, 3.8) is 0 Å². The van der Waals surface area contributed by atoms with Crippen LogP contribution in [0.25, 0.3) is 0 Å². The van der Waals surface area contributed by atoms with Crippen LogP contribution < -0.4 is 0 Å². The van der Waals surface area contributed by atoms with Gasteiger partial charge in [0.05, 0.1) is 4.90 Å². The molecule has 112 valence electrons. The molecule has 2 rings (SSSR count). The van der Waals surface area contributed by atoms with Gasteiger partial charge in [0.1, 0.15) is 0 Å². The summed E-state index contributed by atoms with van der Waals surface area (Å²) < 4.78 is 27.1. The van der Waals surface area contributed by atoms with E-state index in [0.717, 1.165) is 30.4 Å². The molecule has 1 aliphatic rings. The van der Waals surface area contributed by atoms with Crippen LogP contribution in [0.1, 0.15) is 37.3 Å². The van der Waals surface area contributed by atoms with Crippen molar-refractivity contribution in [3.05, 3.63) is 29.3 Å². The summed E-state index contributed by atoms with van der Waals surface area (Å²) in [5.74, 6) is 0.840. The lowest BCUT2D eigenvalue weighted by Crippen LogP contribution is -2.29. The molecule has 0 bridgehead atoms. The quantitative estimate of drug-likeness (QED) is 0.779. The Labute approximate surface area is 127 Å². The summed E-state index contributed by atoms with van der Waals surface area (Å²) in [4.78, 5) is 0.410. The van der Waals surface area contributed by atoms with Crippen molar-refractivity contribution in [2.24, 2.45) is 5.92 Å². The standard InChI is InChI=1S/C15H22ClNO2S/c1-3-4-13-7-8-17(11-13)20(18,19)15-9-14(10-16)6-5-12(15)2/h5-6,9,13H,3-4,7-8,10-11H2,1-2H3. The maximum Gasteiger partial charge on any atom is 0.243 e. The summed E-state index contributed by atoms with van der Waals surface area (Å²) in [6.07, 6.45) is 3.19. The molecule has 5 heteroatoms. The van der Waals surface area contributed by atoms with E-state index in [1.807, 2.05) is 19.1 Å². The Morgan fingerprint density at radius 3 is 2.80 bits per heavy atom. The average molecular weight is 316 g/mol. The molecule has 0 spiro atoms. The molecule has 0 radical (unpaired) electrons. The second kappa shape index (κ2) is 6.46. The molecule has 1 saturated heterocycles. The van der Waals surface area contributed by atoms with E-state index in [9.17, 15) is 8.42 Å². The van der Waals surface area contributed by atoms with Crippen LogP contribution >= 0.6 is 11.6 Å². The van der Waals surface area contributed by atoms with Crippen molar-refractivity contribution in [1.29, 1.82) is 0 Å². The van der Waals surface area contributed by atoms with Gasteiger partial charge in [-0.25, -0.2) is 8.42 Å². The molecule has 3 nitrogen and oxygen atoms in total. The van der Waals surface area contributed by atoms with Gasteiger partial charge in [0.25, 0.3) is 0 Å². The van der Waals surface area contributed by atoms with E-state index in [-0.39, 0.29) is 0 Å². The molecule has 1 heterocycles. The highest BCUT2D eigenvalue weighted by atomic mass is 35.5. The first kappa shape index (κ1) is 15.8. The van der Waals surface area contributed by atoms with Gasteiger partial charge in [0.15, 0.2) is 0 Å². The molecule has 0 amide bonds. The van der Waals surface area contributed by atoms with E-state index in [1.165, 1.54) is 0 Å². The predicted octanol–water partition coefficient (Wildman–Crippen LogP) is 3.54. The van der Waals surface area contributed by atoms with Crippen LogP contribution in [0.3, 0.4) is 0 Å². The fourth-order valence-corrected chi connectivity index (χ4v) is 4.78. The third-order valence-corrected chi connectivity index (χ3v) is 6.29. The van der Waals surface area contributed by atoms with Crippen LogP contribution in [0, 0.1) is 12.8 Å². The van der Waals surface area contributed by atoms with Crippen molar-refractivity contribution in [2.45, 2.75) is 43.9 Å². The Kier molecular flexibility index (Phi) is 5.10. The largest absolute Gasteiger partial charge is 0.243 e. The molecule has 1 aliphatic heterocycles. The number of alkyl halides is 1.